The van der Waals surface area contributed by atoms with Gasteiger partial charge in [-0.2, -0.15) is 5.10 Å². The molecule has 0 radical (unpaired) electrons. The van der Waals surface area contributed by atoms with Gasteiger partial charge in [0.25, 0.3) is 0 Å². The maximum atomic E-state index is 6.28. The van der Waals surface area contributed by atoms with E-state index in [0.717, 1.165) is 22.8 Å². The molecular formula is C14H17N3O2. The van der Waals surface area contributed by atoms with E-state index in [0.29, 0.717) is 19.6 Å². The number of ether oxygens (including phenoxy) is 2. The van der Waals surface area contributed by atoms with Crippen LogP contribution in [0.25, 0.3) is 0 Å². The molecule has 0 aliphatic carbocycles. The summed E-state index contributed by atoms with van der Waals surface area (Å²) in [7, 11) is 1.90. The van der Waals surface area contributed by atoms with Crippen molar-refractivity contribution in [1.29, 1.82) is 0 Å². The lowest BCUT2D eigenvalue weighted by Crippen LogP contribution is -2.20. The quantitative estimate of drug-likeness (QED) is 0.906. The van der Waals surface area contributed by atoms with Crippen molar-refractivity contribution >= 4 is 0 Å². The van der Waals surface area contributed by atoms with Crippen molar-refractivity contribution in [1.82, 2.24) is 9.78 Å². The first kappa shape index (κ1) is 12.0. The number of rotatable bonds is 3. The Morgan fingerprint density at radius 2 is 2.16 bits per heavy atom. The molecule has 1 aliphatic heterocycles. The van der Waals surface area contributed by atoms with Crippen LogP contribution in [-0.4, -0.2) is 23.0 Å². The molecule has 1 aromatic heterocycles. The van der Waals surface area contributed by atoms with Crippen LogP contribution in [0.5, 0.6) is 11.5 Å². The summed E-state index contributed by atoms with van der Waals surface area (Å²) >= 11 is 0. The summed E-state index contributed by atoms with van der Waals surface area (Å²) < 4.78 is 13.0. The van der Waals surface area contributed by atoms with E-state index in [4.69, 9.17) is 15.2 Å². The van der Waals surface area contributed by atoms with Crippen molar-refractivity contribution in [3.63, 3.8) is 0 Å². The zero-order valence-corrected chi connectivity index (χ0v) is 10.9. The number of aryl methyl sites for hydroxylation is 1. The summed E-state index contributed by atoms with van der Waals surface area (Å²) in [6, 6.07) is 7.67. The van der Waals surface area contributed by atoms with Gasteiger partial charge in [0.2, 0.25) is 0 Å². The standard InChI is InChI=1S/C14H17N3O2/c1-17-6-5-10(16-17)9-12(15)11-3-2-4-13-14(11)19-8-7-18-13/h2-6,12H,7-9,15H2,1H3. The van der Waals surface area contributed by atoms with Crippen molar-refractivity contribution in [2.75, 3.05) is 13.2 Å². The van der Waals surface area contributed by atoms with Gasteiger partial charge in [0, 0.05) is 31.3 Å². The summed E-state index contributed by atoms with van der Waals surface area (Å²) in [6.07, 6.45) is 2.60. The Kier molecular flexibility index (Phi) is 3.13. The molecular weight excluding hydrogens is 242 g/mol. The predicted molar refractivity (Wildman–Crippen MR) is 71.3 cm³/mol. The molecule has 0 bridgehead atoms. The van der Waals surface area contributed by atoms with Gasteiger partial charge in [0.05, 0.1) is 5.69 Å². The lowest BCUT2D eigenvalue weighted by molar-refractivity contribution is 0.169. The van der Waals surface area contributed by atoms with Crippen molar-refractivity contribution in [3.05, 3.63) is 41.7 Å². The van der Waals surface area contributed by atoms with Gasteiger partial charge in [0.1, 0.15) is 13.2 Å². The second kappa shape index (κ2) is 4.93. The molecule has 5 nitrogen and oxygen atoms in total. The molecule has 1 atom stereocenters. The molecule has 1 unspecified atom stereocenters. The van der Waals surface area contributed by atoms with Crippen molar-refractivity contribution < 1.29 is 9.47 Å². The molecule has 19 heavy (non-hydrogen) atoms. The van der Waals surface area contributed by atoms with Gasteiger partial charge < -0.3 is 15.2 Å². The van der Waals surface area contributed by atoms with Crippen LogP contribution in [0, 0.1) is 0 Å². The number of nitrogens with zero attached hydrogens (tertiary/aromatic N) is 2. The van der Waals surface area contributed by atoms with Crippen LogP contribution < -0.4 is 15.2 Å². The first-order valence-corrected chi connectivity index (χ1v) is 6.36. The molecule has 3 rings (SSSR count). The normalized spacial score (nSPS) is 15.3. The maximum absolute atomic E-state index is 6.28. The van der Waals surface area contributed by atoms with E-state index in [-0.39, 0.29) is 6.04 Å². The van der Waals surface area contributed by atoms with Gasteiger partial charge in [-0.15, -0.1) is 0 Å². The third-order valence-corrected chi connectivity index (χ3v) is 3.19. The van der Waals surface area contributed by atoms with Gasteiger partial charge in [0.15, 0.2) is 11.5 Å². The predicted octanol–water partition coefficient (Wildman–Crippen LogP) is 1.43. The largest absolute Gasteiger partial charge is 0.486 e. The zero-order valence-electron chi connectivity index (χ0n) is 10.9. The minimum absolute atomic E-state index is 0.147. The number of aromatic nitrogens is 2. The molecule has 2 N–H and O–H groups in total. The molecule has 5 heteroatoms. The first-order valence-electron chi connectivity index (χ1n) is 6.36. The molecule has 0 amide bonds. The van der Waals surface area contributed by atoms with E-state index in [2.05, 4.69) is 5.10 Å². The number of hydrogen-bond acceptors (Lipinski definition) is 4. The van der Waals surface area contributed by atoms with Crippen LogP contribution >= 0.6 is 0 Å². The highest BCUT2D eigenvalue weighted by Gasteiger charge is 2.20. The summed E-state index contributed by atoms with van der Waals surface area (Å²) in [5, 5.41) is 4.35. The molecule has 0 saturated carbocycles. The average molecular weight is 259 g/mol. The van der Waals surface area contributed by atoms with Crippen LogP contribution in [0.15, 0.2) is 30.5 Å². The minimum atomic E-state index is -0.147. The Morgan fingerprint density at radius 1 is 1.32 bits per heavy atom. The molecule has 2 aromatic rings. The van der Waals surface area contributed by atoms with Crippen LogP contribution in [0.2, 0.25) is 0 Å². The fourth-order valence-electron chi connectivity index (χ4n) is 2.30. The highest BCUT2D eigenvalue weighted by atomic mass is 16.6. The third kappa shape index (κ3) is 2.42. The Morgan fingerprint density at radius 3 is 2.95 bits per heavy atom. The van der Waals surface area contributed by atoms with Gasteiger partial charge in [-0.05, 0) is 12.1 Å². The maximum Gasteiger partial charge on any atom is 0.166 e. The smallest absolute Gasteiger partial charge is 0.166 e. The van der Waals surface area contributed by atoms with E-state index in [9.17, 15) is 0 Å². The second-order valence-corrected chi connectivity index (χ2v) is 4.66. The van der Waals surface area contributed by atoms with Gasteiger partial charge in [-0.25, -0.2) is 0 Å². The Balaban J connectivity index is 1.85. The molecule has 0 spiro atoms. The summed E-state index contributed by atoms with van der Waals surface area (Å²) in [5.41, 5.74) is 8.23. The zero-order chi connectivity index (χ0) is 13.2. The van der Waals surface area contributed by atoms with E-state index in [1.807, 2.05) is 37.5 Å². The van der Waals surface area contributed by atoms with E-state index >= 15 is 0 Å². The molecule has 100 valence electrons. The number of benzene rings is 1. The third-order valence-electron chi connectivity index (χ3n) is 3.19. The van der Waals surface area contributed by atoms with Gasteiger partial charge in [-0.1, -0.05) is 12.1 Å². The number of hydrogen-bond donors (Lipinski definition) is 1. The van der Waals surface area contributed by atoms with Crippen LogP contribution in [0.4, 0.5) is 0 Å². The fraction of sp³-hybridized carbons (Fsp3) is 0.357. The molecule has 1 aromatic carbocycles. The SMILES string of the molecule is Cn1ccc(CC(N)c2cccc3c2OCCO3)n1. The number of para-hydroxylation sites is 1. The summed E-state index contributed by atoms with van der Waals surface area (Å²) in [6.45, 7) is 1.16. The van der Waals surface area contributed by atoms with Crippen LogP contribution in [0.1, 0.15) is 17.3 Å². The Labute approximate surface area is 111 Å². The number of nitrogens with two attached hydrogens (primary N) is 1. The second-order valence-electron chi connectivity index (χ2n) is 4.66. The van der Waals surface area contributed by atoms with Crippen LogP contribution in [-0.2, 0) is 13.5 Å². The first-order chi connectivity index (χ1) is 9.24. The lowest BCUT2D eigenvalue weighted by atomic mass is 10.0. The topological polar surface area (TPSA) is 62.3 Å². The minimum Gasteiger partial charge on any atom is -0.486 e. The van der Waals surface area contributed by atoms with Gasteiger partial charge >= 0.3 is 0 Å². The highest BCUT2D eigenvalue weighted by molar-refractivity contribution is 5.49. The van der Waals surface area contributed by atoms with Crippen molar-refractivity contribution in [2.45, 2.75) is 12.5 Å². The van der Waals surface area contributed by atoms with Crippen molar-refractivity contribution in [3.8, 4) is 11.5 Å². The molecule has 1 aliphatic rings. The number of fused-ring (bicyclic) bond motifs is 1. The van der Waals surface area contributed by atoms with Crippen LogP contribution in [0.3, 0.4) is 0 Å². The van der Waals surface area contributed by atoms with E-state index in [1.54, 1.807) is 4.68 Å². The van der Waals surface area contributed by atoms with Gasteiger partial charge in [-0.3, -0.25) is 4.68 Å². The molecule has 0 fully saturated rings. The van der Waals surface area contributed by atoms with Crippen molar-refractivity contribution in [2.24, 2.45) is 12.8 Å². The monoisotopic (exact) mass is 259 g/mol. The van der Waals surface area contributed by atoms with E-state index < -0.39 is 0 Å². The highest BCUT2D eigenvalue weighted by Crippen LogP contribution is 2.36. The fourth-order valence-corrected chi connectivity index (χ4v) is 2.30. The lowest BCUT2D eigenvalue weighted by Gasteiger charge is -2.23. The Hall–Kier alpha value is -2.01. The molecule has 2 heterocycles. The Bertz CT molecular complexity index is 580. The summed E-state index contributed by atoms with van der Waals surface area (Å²) in [4.78, 5) is 0. The summed E-state index contributed by atoms with van der Waals surface area (Å²) in [5.74, 6) is 1.55. The van der Waals surface area contributed by atoms with E-state index in [1.165, 1.54) is 0 Å². The molecule has 0 saturated heterocycles. The average Bonchev–Trinajstić information content (AvgIpc) is 2.83.